The number of halogens is 3. The Hall–Kier alpha value is -2.83. The standard InChI is InChI=1S/C17H14F3NO3/c1-24-16(23)12-4-8-14(9-5-12)21-15(22)10-11-2-6-13(7-3-11)17(18,19)20/h2-9H,10H2,1H3,(H,21,22). The van der Waals surface area contributed by atoms with Crippen LogP contribution in [0.4, 0.5) is 18.9 Å². The van der Waals surface area contributed by atoms with E-state index in [1.165, 1.54) is 43.5 Å². The SMILES string of the molecule is COC(=O)c1ccc(NC(=O)Cc2ccc(C(F)(F)F)cc2)cc1. The number of carbonyl (C=O) groups is 2. The van der Waals surface area contributed by atoms with Crippen LogP contribution in [0, 0.1) is 0 Å². The predicted octanol–water partition coefficient (Wildman–Crippen LogP) is 3.67. The third-order valence-corrected chi connectivity index (χ3v) is 3.24. The van der Waals surface area contributed by atoms with Crippen molar-refractivity contribution in [2.45, 2.75) is 12.6 Å². The number of benzene rings is 2. The highest BCUT2D eigenvalue weighted by Gasteiger charge is 2.29. The molecule has 7 heteroatoms. The lowest BCUT2D eigenvalue weighted by Gasteiger charge is -2.08. The predicted molar refractivity (Wildman–Crippen MR) is 81.6 cm³/mol. The highest BCUT2D eigenvalue weighted by Crippen LogP contribution is 2.29. The van der Waals surface area contributed by atoms with Gasteiger partial charge in [0.2, 0.25) is 5.91 Å². The van der Waals surface area contributed by atoms with Gasteiger partial charge in [-0.15, -0.1) is 0 Å². The highest BCUT2D eigenvalue weighted by molar-refractivity contribution is 5.93. The third kappa shape index (κ3) is 4.58. The molecule has 0 aliphatic heterocycles. The van der Waals surface area contributed by atoms with Gasteiger partial charge in [0.25, 0.3) is 0 Å². The number of methoxy groups -OCH3 is 1. The van der Waals surface area contributed by atoms with Crippen LogP contribution in [0.3, 0.4) is 0 Å². The minimum absolute atomic E-state index is 0.0586. The Kier molecular flexibility index (Phi) is 5.23. The van der Waals surface area contributed by atoms with Crippen molar-refractivity contribution in [3.8, 4) is 0 Å². The number of nitrogens with one attached hydrogen (secondary N) is 1. The maximum absolute atomic E-state index is 12.5. The molecule has 1 amide bonds. The van der Waals surface area contributed by atoms with Gasteiger partial charge in [-0.3, -0.25) is 4.79 Å². The Morgan fingerprint density at radius 2 is 1.58 bits per heavy atom. The van der Waals surface area contributed by atoms with Crippen molar-refractivity contribution in [1.29, 1.82) is 0 Å². The van der Waals surface area contributed by atoms with Crippen LogP contribution in [0.2, 0.25) is 0 Å². The van der Waals surface area contributed by atoms with Gasteiger partial charge in [-0.2, -0.15) is 13.2 Å². The summed E-state index contributed by atoms with van der Waals surface area (Å²) in [6, 6.07) is 10.5. The van der Waals surface area contributed by atoms with E-state index in [0.717, 1.165) is 12.1 Å². The molecular weight excluding hydrogens is 323 g/mol. The van der Waals surface area contributed by atoms with Gasteiger partial charge in [-0.05, 0) is 42.0 Å². The van der Waals surface area contributed by atoms with Crippen LogP contribution in [0.5, 0.6) is 0 Å². The molecule has 0 saturated carbocycles. The minimum Gasteiger partial charge on any atom is -0.465 e. The first-order chi connectivity index (χ1) is 11.3. The average Bonchev–Trinajstić information content (AvgIpc) is 2.54. The fourth-order valence-corrected chi connectivity index (χ4v) is 2.01. The maximum atomic E-state index is 12.5. The molecule has 126 valence electrons. The number of rotatable bonds is 4. The fourth-order valence-electron chi connectivity index (χ4n) is 2.01. The van der Waals surface area contributed by atoms with Crippen LogP contribution in [-0.2, 0) is 22.1 Å². The van der Waals surface area contributed by atoms with Crippen LogP contribution in [0.25, 0.3) is 0 Å². The lowest BCUT2D eigenvalue weighted by molar-refractivity contribution is -0.137. The van der Waals surface area contributed by atoms with Crippen LogP contribution >= 0.6 is 0 Å². The molecule has 2 aromatic rings. The molecule has 0 heterocycles. The summed E-state index contributed by atoms with van der Waals surface area (Å²) < 4.78 is 42.0. The van der Waals surface area contributed by atoms with E-state index < -0.39 is 17.7 Å². The summed E-state index contributed by atoms with van der Waals surface area (Å²) in [7, 11) is 1.27. The second-order valence-corrected chi connectivity index (χ2v) is 4.99. The quantitative estimate of drug-likeness (QED) is 0.866. The van der Waals surface area contributed by atoms with Crippen molar-refractivity contribution >= 4 is 17.6 Å². The van der Waals surface area contributed by atoms with Gasteiger partial charge < -0.3 is 10.1 Å². The minimum atomic E-state index is -4.40. The van der Waals surface area contributed by atoms with Gasteiger partial charge in [0.15, 0.2) is 0 Å². The van der Waals surface area contributed by atoms with Crippen molar-refractivity contribution in [2.24, 2.45) is 0 Å². The van der Waals surface area contributed by atoms with Crippen LogP contribution in [0.1, 0.15) is 21.5 Å². The summed E-state index contributed by atoms with van der Waals surface area (Å²) in [5, 5.41) is 2.61. The van der Waals surface area contributed by atoms with Crippen LogP contribution in [-0.4, -0.2) is 19.0 Å². The Labute approximate surface area is 136 Å². The van der Waals surface area contributed by atoms with E-state index in [1.54, 1.807) is 0 Å². The van der Waals surface area contributed by atoms with Crippen molar-refractivity contribution < 1.29 is 27.5 Å². The number of alkyl halides is 3. The van der Waals surface area contributed by atoms with Gasteiger partial charge in [0.05, 0.1) is 24.7 Å². The van der Waals surface area contributed by atoms with E-state index in [9.17, 15) is 22.8 Å². The maximum Gasteiger partial charge on any atom is 0.416 e. The van der Waals surface area contributed by atoms with Crippen molar-refractivity contribution in [3.05, 3.63) is 65.2 Å². The molecule has 0 aliphatic rings. The van der Waals surface area contributed by atoms with Crippen molar-refractivity contribution in [3.63, 3.8) is 0 Å². The number of hydrogen-bond donors (Lipinski definition) is 1. The van der Waals surface area contributed by atoms with Crippen molar-refractivity contribution in [2.75, 3.05) is 12.4 Å². The number of hydrogen-bond acceptors (Lipinski definition) is 3. The molecule has 0 atom stereocenters. The molecular formula is C17H14F3NO3. The molecule has 0 unspecified atom stereocenters. The van der Waals surface area contributed by atoms with E-state index in [1.807, 2.05) is 0 Å². The second kappa shape index (κ2) is 7.16. The van der Waals surface area contributed by atoms with Gasteiger partial charge in [-0.1, -0.05) is 12.1 Å². The Bertz CT molecular complexity index is 722. The van der Waals surface area contributed by atoms with Gasteiger partial charge in [0.1, 0.15) is 0 Å². The fraction of sp³-hybridized carbons (Fsp3) is 0.176. The first-order valence-electron chi connectivity index (χ1n) is 6.94. The first-order valence-corrected chi connectivity index (χ1v) is 6.94. The molecule has 4 nitrogen and oxygen atoms in total. The lowest BCUT2D eigenvalue weighted by Crippen LogP contribution is -2.14. The van der Waals surface area contributed by atoms with E-state index in [4.69, 9.17) is 0 Å². The zero-order valence-electron chi connectivity index (χ0n) is 12.7. The average molecular weight is 337 g/mol. The Balaban J connectivity index is 1.97. The highest BCUT2D eigenvalue weighted by atomic mass is 19.4. The molecule has 0 spiro atoms. The Morgan fingerprint density at radius 1 is 1.00 bits per heavy atom. The molecule has 2 aromatic carbocycles. The number of ether oxygens (including phenoxy) is 1. The molecule has 0 bridgehead atoms. The summed E-state index contributed by atoms with van der Waals surface area (Å²) in [5.74, 6) is -0.863. The molecule has 24 heavy (non-hydrogen) atoms. The summed E-state index contributed by atoms with van der Waals surface area (Å²) in [6.07, 6.45) is -4.46. The summed E-state index contributed by atoms with van der Waals surface area (Å²) in [5.41, 5.74) is 0.523. The van der Waals surface area contributed by atoms with Gasteiger partial charge in [0, 0.05) is 5.69 Å². The molecule has 2 rings (SSSR count). The summed E-state index contributed by atoms with van der Waals surface area (Å²) in [4.78, 5) is 23.2. The molecule has 0 fully saturated rings. The smallest absolute Gasteiger partial charge is 0.416 e. The number of anilines is 1. The van der Waals surface area contributed by atoms with E-state index in [2.05, 4.69) is 10.1 Å². The zero-order chi connectivity index (χ0) is 17.7. The summed E-state index contributed by atoms with van der Waals surface area (Å²) in [6.45, 7) is 0. The van der Waals surface area contributed by atoms with E-state index in [0.29, 0.717) is 16.8 Å². The largest absolute Gasteiger partial charge is 0.465 e. The Morgan fingerprint density at radius 3 is 2.08 bits per heavy atom. The van der Waals surface area contributed by atoms with E-state index in [-0.39, 0.29) is 12.3 Å². The summed E-state index contributed by atoms with van der Waals surface area (Å²) >= 11 is 0. The van der Waals surface area contributed by atoms with Crippen molar-refractivity contribution in [1.82, 2.24) is 0 Å². The molecule has 1 N–H and O–H groups in total. The van der Waals surface area contributed by atoms with Crippen LogP contribution < -0.4 is 5.32 Å². The number of esters is 1. The second-order valence-electron chi connectivity index (χ2n) is 4.99. The molecule has 0 aliphatic carbocycles. The zero-order valence-corrected chi connectivity index (χ0v) is 12.7. The molecule has 0 aromatic heterocycles. The molecule has 0 saturated heterocycles. The molecule has 0 radical (unpaired) electrons. The topological polar surface area (TPSA) is 55.4 Å². The van der Waals surface area contributed by atoms with E-state index >= 15 is 0 Å². The van der Waals surface area contributed by atoms with Gasteiger partial charge in [-0.25, -0.2) is 4.79 Å². The number of carbonyl (C=O) groups excluding carboxylic acids is 2. The normalized spacial score (nSPS) is 11.0. The monoisotopic (exact) mass is 337 g/mol. The van der Waals surface area contributed by atoms with Crippen LogP contribution in [0.15, 0.2) is 48.5 Å². The third-order valence-electron chi connectivity index (χ3n) is 3.24. The lowest BCUT2D eigenvalue weighted by atomic mass is 10.1. The first kappa shape index (κ1) is 17.5. The van der Waals surface area contributed by atoms with Gasteiger partial charge >= 0.3 is 12.1 Å². The number of amides is 1.